The molecule has 1 amide bonds. The molecule has 1 heterocycles. The highest BCUT2D eigenvalue weighted by Gasteiger charge is 2.18. The largest absolute Gasteiger partial charge is 0.494 e. The molecule has 2 rings (SSSR count). The number of anilines is 2. The number of piperazine rings is 1. The number of rotatable bonds is 5. The van der Waals surface area contributed by atoms with Crippen LogP contribution in [0.5, 0.6) is 5.75 Å². The van der Waals surface area contributed by atoms with E-state index >= 15 is 0 Å². The number of nitrogens with two attached hydrogens (primary N) is 1. The Kier molecular flexibility index (Phi) is 5.41. The van der Waals surface area contributed by atoms with E-state index in [-0.39, 0.29) is 5.91 Å². The van der Waals surface area contributed by atoms with Crippen LogP contribution in [0.25, 0.3) is 0 Å². The van der Waals surface area contributed by atoms with Gasteiger partial charge in [-0.05, 0) is 18.7 Å². The summed E-state index contributed by atoms with van der Waals surface area (Å²) in [4.78, 5) is 16.7. The van der Waals surface area contributed by atoms with Gasteiger partial charge in [0.05, 0.1) is 19.3 Å². The molecule has 0 aliphatic carbocycles. The van der Waals surface area contributed by atoms with Crippen LogP contribution in [-0.4, -0.2) is 62.1 Å². The number of benzene rings is 1. The van der Waals surface area contributed by atoms with Gasteiger partial charge in [0.25, 0.3) is 0 Å². The Morgan fingerprint density at radius 1 is 1.29 bits per heavy atom. The minimum Gasteiger partial charge on any atom is -0.494 e. The van der Waals surface area contributed by atoms with Crippen LogP contribution in [0.15, 0.2) is 18.2 Å². The first-order chi connectivity index (χ1) is 10.1. The summed E-state index contributed by atoms with van der Waals surface area (Å²) in [5.74, 6) is 0.558. The fourth-order valence-corrected chi connectivity index (χ4v) is 2.47. The summed E-state index contributed by atoms with van der Waals surface area (Å²) in [6.45, 7) is 7.55. The van der Waals surface area contributed by atoms with Gasteiger partial charge >= 0.3 is 0 Å². The van der Waals surface area contributed by atoms with Crippen molar-refractivity contribution in [2.75, 3.05) is 57.4 Å². The van der Waals surface area contributed by atoms with Crippen molar-refractivity contribution < 1.29 is 9.53 Å². The van der Waals surface area contributed by atoms with E-state index in [2.05, 4.69) is 22.0 Å². The molecule has 0 radical (unpaired) electrons. The molecule has 1 aliphatic rings. The number of hydrogen-bond donors (Lipinski definition) is 2. The molecule has 1 aliphatic heterocycles. The standard InChI is InChI=1S/C15H24N4O2/c1-3-18-6-8-19(9-7-18)11-15(20)17-13-5-4-12(16)10-14(13)21-2/h4-5,10H,3,6-9,11,16H2,1-2H3,(H,17,20). The maximum Gasteiger partial charge on any atom is 0.238 e. The molecule has 0 unspecified atom stereocenters. The molecule has 6 nitrogen and oxygen atoms in total. The lowest BCUT2D eigenvalue weighted by molar-refractivity contribution is -0.117. The Balaban J connectivity index is 1.87. The summed E-state index contributed by atoms with van der Waals surface area (Å²) < 4.78 is 5.23. The average Bonchev–Trinajstić information content (AvgIpc) is 2.49. The Bertz CT molecular complexity index is 485. The highest BCUT2D eigenvalue weighted by atomic mass is 16.5. The highest BCUT2D eigenvalue weighted by molar-refractivity contribution is 5.94. The van der Waals surface area contributed by atoms with Gasteiger partial charge in [-0.1, -0.05) is 6.92 Å². The summed E-state index contributed by atoms with van der Waals surface area (Å²) in [5.41, 5.74) is 6.97. The van der Waals surface area contributed by atoms with Crippen molar-refractivity contribution in [2.24, 2.45) is 0 Å². The third-order valence-corrected chi connectivity index (χ3v) is 3.78. The number of nitrogens with one attached hydrogen (secondary N) is 1. The molecule has 0 saturated carbocycles. The molecule has 0 spiro atoms. The molecule has 21 heavy (non-hydrogen) atoms. The number of methoxy groups -OCH3 is 1. The number of nitrogens with zero attached hydrogens (tertiary/aromatic N) is 2. The molecule has 1 aromatic rings. The fraction of sp³-hybridized carbons (Fsp3) is 0.533. The quantitative estimate of drug-likeness (QED) is 0.788. The lowest BCUT2D eigenvalue weighted by Gasteiger charge is -2.33. The highest BCUT2D eigenvalue weighted by Crippen LogP contribution is 2.26. The summed E-state index contributed by atoms with van der Waals surface area (Å²) in [7, 11) is 1.56. The topological polar surface area (TPSA) is 70.8 Å². The summed E-state index contributed by atoms with van der Waals surface area (Å²) >= 11 is 0. The summed E-state index contributed by atoms with van der Waals surface area (Å²) in [6.07, 6.45) is 0. The monoisotopic (exact) mass is 292 g/mol. The van der Waals surface area contributed by atoms with Gasteiger partial charge < -0.3 is 20.7 Å². The van der Waals surface area contributed by atoms with Gasteiger partial charge in [-0.25, -0.2) is 0 Å². The predicted molar refractivity (Wildman–Crippen MR) is 84.6 cm³/mol. The molecule has 0 bridgehead atoms. The van der Waals surface area contributed by atoms with Crippen LogP contribution >= 0.6 is 0 Å². The second-order valence-corrected chi connectivity index (χ2v) is 5.22. The Morgan fingerprint density at radius 3 is 2.57 bits per heavy atom. The van der Waals surface area contributed by atoms with Crippen LogP contribution < -0.4 is 15.8 Å². The first-order valence-electron chi connectivity index (χ1n) is 7.30. The molecule has 3 N–H and O–H groups in total. The zero-order chi connectivity index (χ0) is 15.2. The van der Waals surface area contributed by atoms with Crippen LogP contribution in [0.4, 0.5) is 11.4 Å². The number of ether oxygens (including phenoxy) is 1. The van der Waals surface area contributed by atoms with Crippen molar-refractivity contribution in [2.45, 2.75) is 6.92 Å². The molecular formula is C15H24N4O2. The minimum atomic E-state index is -0.0250. The van der Waals surface area contributed by atoms with Crippen LogP contribution in [0, 0.1) is 0 Å². The van der Waals surface area contributed by atoms with E-state index in [1.54, 1.807) is 25.3 Å². The molecule has 1 aromatic carbocycles. The van der Waals surface area contributed by atoms with Crippen molar-refractivity contribution in [1.29, 1.82) is 0 Å². The van der Waals surface area contributed by atoms with Crippen molar-refractivity contribution in [1.82, 2.24) is 9.80 Å². The second-order valence-electron chi connectivity index (χ2n) is 5.22. The van der Waals surface area contributed by atoms with Crippen molar-refractivity contribution in [3.05, 3.63) is 18.2 Å². The minimum absolute atomic E-state index is 0.0250. The van der Waals surface area contributed by atoms with Gasteiger partial charge in [0.2, 0.25) is 5.91 Å². The van der Waals surface area contributed by atoms with Gasteiger partial charge in [0.15, 0.2) is 0 Å². The smallest absolute Gasteiger partial charge is 0.238 e. The van der Waals surface area contributed by atoms with Gasteiger partial charge in [-0.15, -0.1) is 0 Å². The number of hydrogen-bond acceptors (Lipinski definition) is 5. The Labute approximate surface area is 125 Å². The van der Waals surface area contributed by atoms with E-state index in [0.29, 0.717) is 23.7 Å². The molecule has 116 valence electrons. The van der Waals surface area contributed by atoms with Crippen LogP contribution in [0.3, 0.4) is 0 Å². The van der Waals surface area contributed by atoms with E-state index in [4.69, 9.17) is 10.5 Å². The molecule has 0 aromatic heterocycles. The van der Waals surface area contributed by atoms with E-state index in [1.165, 1.54) is 0 Å². The van der Waals surface area contributed by atoms with Gasteiger partial charge in [0.1, 0.15) is 5.75 Å². The maximum atomic E-state index is 12.1. The number of nitrogen functional groups attached to an aromatic ring is 1. The van der Waals surface area contributed by atoms with Gasteiger partial charge in [-0.3, -0.25) is 9.69 Å². The zero-order valence-corrected chi connectivity index (χ0v) is 12.8. The van der Waals surface area contributed by atoms with Crippen molar-refractivity contribution in [3.8, 4) is 5.75 Å². The molecule has 6 heteroatoms. The van der Waals surface area contributed by atoms with E-state index in [1.807, 2.05) is 0 Å². The molecular weight excluding hydrogens is 268 g/mol. The lowest BCUT2D eigenvalue weighted by Crippen LogP contribution is -2.48. The SMILES string of the molecule is CCN1CCN(CC(=O)Nc2ccc(N)cc2OC)CC1. The zero-order valence-electron chi connectivity index (χ0n) is 12.8. The van der Waals surface area contributed by atoms with Crippen LogP contribution in [0.1, 0.15) is 6.92 Å². The normalized spacial score (nSPS) is 16.7. The van der Waals surface area contributed by atoms with E-state index in [9.17, 15) is 4.79 Å². The number of likely N-dealkylation sites (N-methyl/N-ethyl adjacent to an activating group) is 1. The fourth-order valence-electron chi connectivity index (χ4n) is 2.47. The first-order valence-corrected chi connectivity index (χ1v) is 7.30. The lowest BCUT2D eigenvalue weighted by atomic mass is 10.2. The number of carbonyl (C=O) groups excluding carboxylic acids is 1. The van der Waals surface area contributed by atoms with Gasteiger partial charge in [0, 0.05) is 37.9 Å². The third-order valence-electron chi connectivity index (χ3n) is 3.78. The number of carbonyl (C=O) groups is 1. The molecule has 1 saturated heterocycles. The van der Waals surface area contributed by atoms with E-state index in [0.717, 1.165) is 32.7 Å². The van der Waals surface area contributed by atoms with Gasteiger partial charge in [-0.2, -0.15) is 0 Å². The number of amides is 1. The maximum absolute atomic E-state index is 12.1. The summed E-state index contributed by atoms with van der Waals surface area (Å²) in [6, 6.07) is 5.22. The second kappa shape index (κ2) is 7.28. The Morgan fingerprint density at radius 2 is 1.95 bits per heavy atom. The first kappa shape index (κ1) is 15.6. The summed E-state index contributed by atoms with van der Waals surface area (Å²) in [5, 5.41) is 2.89. The average molecular weight is 292 g/mol. The van der Waals surface area contributed by atoms with E-state index < -0.39 is 0 Å². The van der Waals surface area contributed by atoms with Crippen LogP contribution in [0.2, 0.25) is 0 Å². The van der Waals surface area contributed by atoms with Crippen LogP contribution in [-0.2, 0) is 4.79 Å². The van der Waals surface area contributed by atoms with Crippen molar-refractivity contribution >= 4 is 17.3 Å². The predicted octanol–water partition coefficient (Wildman–Crippen LogP) is 0.853. The molecule has 0 atom stereocenters. The molecule has 1 fully saturated rings. The Hall–Kier alpha value is -1.79. The third kappa shape index (κ3) is 4.34. The van der Waals surface area contributed by atoms with Crippen molar-refractivity contribution in [3.63, 3.8) is 0 Å².